The molecule has 1 fully saturated rings. The van der Waals surface area contributed by atoms with E-state index in [9.17, 15) is 0 Å². The maximum absolute atomic E-state index is 5.82. The third kappa shape index (κ3) is 4.32. The normalized spacial score (nSPS) is 18.2. The summed E-state index contributed by atoms with van der Waals surface area (Å²) in [4.78, 5) is 0. The molecular weight excluding hydrogens is 246 g/mol. The van der Waals surface area contributed by atoms with Crippen LogP contribution in [-0.2, 0) is 10.2 Å². The summed E-state index contributed by atoms with van der Waals surface area (Å²) in [5.74, 6) is 0. The van der Waals surface area contributed by atoms with Crippen molar-refractivity contribution in [1.29, 1.82) is 0 Å². The number of nitrogens with one attached hydrogen (secondary N) is 1. The second kappa shape index (κ2) is 7.24. The molecule has 2 rings (SSSR count). The molecule has 1 aliphatic rings. The van der Waals surface area contributed by atoms with E-state index in [2.05, 4.69) is 56.4 Å². The van der Waals surface area contributed by atoms with Crippen LogP contribution < -0.4 is 5.32 Å². The van der Waals surface area contributed by atoms with Gasteiger partial charge in [-0.05, 0) is 45.1 Å². The molecule has 2 nitrogen and oxygen atoms in total. The van der Waals surface area contributed by atoms with Gasteiger partial charge in [-0.1, -0.05) is 37.3 Å². The average molecular weight is 275 g/mol. The maximum atomic E-state index is 5.82. The van der Waals surface area contributed by atoms with Crippen molar-refractivity contribution >= 4 is 0 Å². The quantitative estimate of drug-likeness (QED) is 0.738. The van der Waals surface area contributed by atoms with Gasteiger partial charge < -0.3 is 10.1 Å². The summed E-state index contributed by atoms with van der Waals surface area (Å²) in [6.07, 6.45) is 5.24. The number of rotatable bonds is 9. The van der Waals surface area contributed by atoms with Crippen LogP contribution in [0, 0.1) is 0 Å². The lowest BCUT2D eigenvalue weighted by Crippen LogP contribution is -2.40. The first-order valence-electron chi connectivity index (χ1n) is 8.07. The average Bonchev–Trinajstić information content (AvgIpc) is 3.28. The van der Waals surface area contributed by atoms with Crippen molar-refractivity contribution in [2.75, 3.05) is 13.2 Å². The summed E-state index contributed by atoms with van der Waals surface area (Å²) in [6.45, 7) is 8.43. The fourth-order valence-corrected chi connectivity index (χ4v) is 2.75. The van der Waals surface area contributed by atoms with Crippen LogP contribution >= 0.6 is 0 Å². The van der Waals surface area contributed by atoms with Gasteiger partial charge in [0.1, 0.15) is 0 Å². The number of hydrogen-bond donors (Lipinski definition) is 1. The molecule has 1 aliphatic carbocycles. The highest BCUT2D eigenvalue weighted by Crippen LogP contribution is 2.32. The van der Waals surface area contributed by atoms with Crippen molar-refractivity contribution in [2.24, 2.45) is 0 Å². The van der Waals surface area contributed by atoms with Gasteiger partial charge in [-0.2, -0.15) is 0 Å². The van der Waals surface area contributed by atoms with E-state index in [4.69, 9.17) is 4.74 Å². The van der Waals surface area contributed by atoms with E-state index in [1.807, 2.05) is 0 Å². The SMILES string of the molecule is CCC(CCOC(C)C)(CNC1CC1)c1ccccc1. The molecule has 0 aliphatic heterocycles. The van der Waals surface area contributed by atoms with Gasteiger partial charge in [-0.3, -0.25) is 0 Å². The smallest absolute Gasteiger partial charge is 0.0518 e. The summed E-state index contributed by atoms with van der Waals surface area (Å²) in [5, 5.41) is 3.73. The molecule has 0 saturated heterocycles. The third-order valence-corrected chi connectivity index (χ3v) is 4.40. The van der Waals surface area contributed by atoms with Crippen LogP contribution in [-0.4, -0.2) is 25.3 Å². The Hall–Kier alpha value is -0.860. The molecule has 20 heavy (non-hydrogen) atoms. The minimum atomic E-state index is 0.207. The molecule has 1 unspecified atom stereocenters. The summed E-state index contributed by atoms with van der Waals surface area (Å²) in [5.41, 5.74) is 1.65. The van der Waals surface area contributed by atoms with E-state index in [1.165, 1.54) is 18.4 Å². The summed E-state index contributed by atoms with van der Waals surface area (Å²) in [6, 6.07) is 11.7. The van der Waals surface area contributed by atoms with Gasteiger partial charge in [0.15, 0.2) is 0 Å². The largest absolute Gasteiger partial charge is 0.379 e. The van der Waals surface area contributed by atoms with Gasteiger partial charge in [-0.15, -0.1) is 0 Å². The molecule has 2 heteroatoms. The Morgan fingerprint density at radius 2 is 1.95 bits per heavy atom. The predicted octanol–water partition coefficient (Wildman–Crippen LogP) is 3.90. The first-order chi connectivity index (χ1) is 9.66. The zero-order valence-corrected chi connectivity index (χ0v) is 13.2. The Morgan fingerprint density at radius 3 is 2.50 bits per heavy atom. The van der Waals surface area contributed by atoms with Gasteiger partial charge >= 0.3 is 0 Å². The Kier molecular flexibility index (Phi) is 5.62. The highest BCUT2D eigenvalue weighted by atomic mass is 16.5. The van der Waals surface area contributed by atoms with Crippen molar-refractivity contribution in [2.45, 2.75) is 64.0 Å². The Morgan fingerprint density at radius 1 is 1.25 bits per heavy atom. The summed E-state index contributed by atoms with van der Waals surface area (Å²) in [7, 11) is 0. The molecule has 1 saturated carbocycles. The molecular formula is C18H29NO. The van der Waals surface area contributed by atoms with Crippen LogP contribution in [0.1, 0.15) is 52.0 Å². The summed E-state index contributed by atoms with van der Waals surface area (Å²) >= 11 is 0. The first kappa shape index (κ1) is 15.5. The van der Waals surface area contributed by atoms with E-state index in [-0.39, 0.29) is 5.41 Å². The van der Waals surface area contributed by atoms with E-state index in [1.54, 1.807) is 0 Å². The molecule has 1 aromatic carbocycles. The molecule has 0 radical (unpaired) electrons. The number of benzene rings is 1. The number of hydrogen-bond acceptors (Lipinski definition) is 2. The van der Waals surface area contributed by atoms with Gasteiger partial charge in [0.05, 0.1) is 6.10 Å². The minimum Gasteiger partial charge on any atom is -0.379 e. The lowest BCUT2D eigenvalue weighted by Gasteiger charge is -2.34. The number of ether oxygens (including phenoxy) is 1. The second-order valence-electron chi connectivity index (χ2n) is 6.32. The Bertz CT molecular complexity index is 386. The molecule has 0 spiro atoms. The zero-order chi connectivity index (χ0) is 14.4. The van der Waals surface area contributed by atoms with Gasteiger partial charge in [-0.25, -0.2) is 0 Å². The van der Waals surface area contributed by atoms with E-state index >= 15 is 0 Å². The topological polar surface area (TPSA) is 21.3 Å². The van der Waals surface area contributed by atoms with Crippen LogP contribution in [0.15, 0.2) is 30.3 Å². The molecule has 1 N–H and O–H groups in total. The van der Waals surface area contributed by atoms with Crippen LogP contribution in [0.4, 0.5) is 0 Å². The maximum Gasteiger partial charge on any atom is 0.0518 e. The van der Waals surface area contributed by atoms with Crippen molar-refractivity contribution in [1.82, 2.24) is 5.32 Å². The Balaban J connectivity index is 2.06. The molecule has 0 amide bonds. The van der Waals surface area contributed by atoms with E-state index < -0.39 is 0 Å². The first-order valence-corrected chi connectivity index (χ1v) is 8.07. The molecule has 0 bridgehead atoms. The van der Waals surface area contributed by atoms with E-state index in [0.29, 0.717) is 6.10 Å². The Labute approximate surface area is 123 Å². The van der Waals surface area contributed by atoms with Crippen molar-refractivity contribution in [3.63, 3.8) is 0 Å². The van der Waals surface area contributed by atoms with Crippen molar-refractivity contribution in [3.05, 3.63) is 35.9 Å². The second-order valence-corrected chi connectivity index (χ2v) is 6.32. The van der Waals surface area contributed by atoms with Gasteiger partial charge in [0.2, 0.25) is 0 Å². The standard InChI is InChI=1S/C18H29NO/c1-4-18(12-13-20-15(2)3,14-19-17-10-11-17)16-8-6-5-7-9-16/h5-9,15,17,19H,4,10-14H2,1-3H3. The van der Waals surface area contributed by atoms with Crippen LogP contribution in [0.25, 0.3) is 0 Å². The fraction of sp³-hybridized carbons (Fsp3) is 0.667. The summed E-state index contributed by atoms with van der Waals surface area (Å²) < 4.78 is 5.82. The predicted molar refractivity (Wildman–Crippen MR) is 85.1 cm³/mol. The monoisotopic (exact) mass is 275 g/mol. The lowest BCUT2D eigenvalue weighted by atomic mass is 9.75. The molecule has 0 heterocycles. The van der Waals surface area contributed by atoms with Gasteiger partial charge in [0, 0.05) is 24.6 Å². The van der Waals surface area contributed by atoms with Crippen molar-refractivity contribution in [3.8, 4) is 0 Å². The molecule has 1 atom stereocenters. The van der Waals surface area contributed by atoms with Crippen LogP contribution in [0.2, 0.25) is 0 Å². The molecule has 0 aromatic heterocycles. The van der Waals surface area contributed by atoms with Crippen molar-refractivity contribution < 1.29 is 4.74 Å². The van der Waals surface area contributed by atoms with Crippen LogP contribution in [0.5, 0.6) is 0 Å². The third-order valence-electron chi connectivity index (χ3n) is 4.40. The lowest BCUT2D eigenvalue weighted by molar-refractivity contribution is 0.0627. The zero-order valence-electron chi connectivity index (χ0n) is 13.2. The molecule has 1 aromatic rings. The highest BCUT2D eigenvalue weighted by Gasteiger charge is 2.32. The highest BCUT2D eigenvalue weighted by molar-refractivity contribution is 5.26. The minimum absolute atomic E-state index is 0.207. The fourth-order valence-electron chi connectivity index (χ4n) is 2.75. The molecule has 112 valence electrons. The van der Waals surface area contributed by atoms with Gasteiger partial charge in [0.25, 0.3) is 0 Å². The van der Waals surface area contributed by atoms with Crippen LogP contribution in [0.3, 0.4) is 0 Å². The van der Waals surface area contributed by atoms with E-state index in [0.717, 1.165) is 32.0 Å².